The van der Waals surface area contributed by atoms with Crippen LogP contribution in [-0.4, -0.2) is 105 Å². The Labute approximate surface area is 253 Å². The number of benzene rings is 2. The second-order valence-electron chi connectivity index (χ2n) is 12.2. The summed E-state index contributed by atoms with van der Waals surface area (Å²) in [6, 6.07) is 4.14. The fourth-order valence-electron chi connectivity index (χ4n) is 7.31. The Kier molecular flexibility index (Phi) is 8.02. The Balaban J connectivity index is 1.45. The van der Waals surface area contributed by atoms with E-state index in [1.54, 1.807) is 6.92 Å². The summed E-state index contributed by atoms with van der Waals surface area (Å²) in [5.74, 6) is -3.60. The standard InChI is InChI=1S/C32H37NO11/c1-15-27(36)18(33-9-4-3-5-10-33)11-22(43-15)44-20-13-32(41,21(35)14-34)12-17-24(20)31(40)26-25(29(17)38)28(37)16-7-6-8-19(42-2)23(16)30(26)39/h6-8,15,18,20,22,27,34,36,38,40-41H,3-5,9-14H2,1-2H3/t15?,18?,20-,22?,27?,32-/m0/s1. The van der Waals surface area contributed by atoms with Crippen molar-refractivity contribution in [3.05, 3.63) is 51.6 Å². The van der Waals surface area contributed by atoms with Crippen molar-refractivity contribution >= 4 is 17.3 Å². The highest BCUT2D eigenvalue weighted by molar-refractivity contribution is 6.31. The Morgan fingerprint density at radius 3 is 2.45 bits per heavy atom. The topological polar surface area (TPSA) is 183 Å². The van der Waals surface area contributed by atoms with Crippen molar-refractivity contribution in [2.75, 3.05) is 26.8 Å². The van der Waals surface area contributed by atoms with E-state index >= 15 is 0 Å². The first kappa shape index (κ1) is 30.6. The fourth-order valence-corrected chi connectivity index (χ4v) is 7.31. The van der Waals surface area contributed by atoms with Crippen LogP contribution in [0.25, 0.3) is 0 Å². The number of fused-ring (bicyclic) bond motifs is 3. The van der Waals surface area contributed by atoms with Crippen LogP contribution in [0.3, 0.4) is 0 Å². The molecule has 44 heavy (non-hydrogen) atoms. The molecule has 12 heteroatoms. The van der Waals surface area contributed by atoms with Crippen LogP contribution in [0.4, 0.5) is 0 Å². The van der Waals surface area contributed by atoms with Gasteiger partial charge in [0.15, 0.2) is 17.9 Å². The molecule has 0 bridgehead atoms. The third-order valence-electron chi connectivity index (χ3n) is 9.59. The average Bonchev–Trinajstić information content (AvgIpc) is 3.02. The molecule has 2 saturated heterocycles. The van der Waals surface area contributed by atoms with E-state index in [-0.39, 0.29) is 40.5 Å². The van der Waals surface area contributed by atoms with Crippen molar-refractivity contribution in [3.63, 3.8) is 0 Å². The number of aromatic hydroxyl groups is 2. The van der Waals surface area contributed by atoms with Crippen LogP contribution < -0.4 is 4.74 Å². The first-order valence-electron chi connectivity index (χ1n) is 15.0. The first-order chi connectivity index (χ1) is 21.0. The number of phenols is 2. The van der Waals surface area contributed by atoms with Crippen LogP contribution in [0.1, 0.15) is 88.1 Å². The summed E-state index contributed by atoms with van der Waals surface area (Å²) >= 11 is 0. The number of carbonyl (C=O) groups is 3. The number of methoxy groups -OCH3 is 1. The minimum atomic E-state index is -2.22. The van der Waals surface area contributed by atoms with E-state index in [2.05, 4.69) is 4.90 Å². The van der Waals surface area contributed by atoms with Crippen molar-refractivity contribution in [1.29, 1.82) is 0 Å². The normalized spacial score (nSPS) is 30.3. The lowest BCUT2D eigenvalue weighted by atomic mass is 9.72. The lowest BCUT2D eigenvalue weighted by Gasteiger charge is -2.46. The quantitative estimate of drug-likeness (QED) is 0.254. The highest BCUT2D eigenvalue weighted by Gasteiger charge is 2.50. The number of aliphatic hydroxyl groups is 3. The zero-order valence-electron chi connectivity index (χ0n) is 24.6. The number of carbonyl (C=O) groups excluding carboxylic acids is 3. The lowest BCUT2D eigenvalue weighted by molar-refractivity contribution is -0.259. The number of aliphatic hydroxyl groups excluding tert-OH is 2. The molecule has 2 aromatic rings. The largest absolute Gasteiger partial charge is 0.507 e. The number of rotatable bonds is 6. The van der Waals surface area contributed by atoms with Gasteiger partial charge in [-0.3, -0.25) is 19.3 Å². The number of piperidine rings is 1. The minimum absolute atomic E-state index is 0.0336. The number of ketones is 3. The Morgan fingerprint density at radius 1 is 1.07 bits per heavy atom. The summed E-state index contributed by atoms with van der Waals surface area (Å²) in [5, 5.41) is 55.3. The predicted octanol–water partition coefficient (Wildman–Crippen LogP) is 1.53. The number of likely N-dealkylation sites (tertiary alicyclic amines) is 1. The van der Waals surface area contributed by atoms with Crippen LogP contribution in [-0.2, 0) is 20.7 Å². The van der Waals surface area contributed by atoms with Crippen molar-refractivity contribution in [2.24, 2.45) is 0 Å². The Bertz CT molecular complexity index is 1520. The first-order valence-corrected chi connectivity index (χ1v) is 15.0. The number of hydrogen-bond donors (Lipinski definition) is 5. The fraction of sp³-hybridized carbons (Fsp3) is 0.531. The number of ether oxygens (including phenoxy) is 3. The Hall–Kier alpha value is -3.39. The van der Waals surface area contributed by atoms with E-state index in [4.69, 9.17) is 14.2 Å². The maximum absolute atomic E-state index is 13.8. The van der Waals surface area contributed by atoms with Crippen molar-refractivity contribution < 1.29 is 54.1 Å². The lowest BCUT2D eigenvalue weighted by Crippen LogP contribution is -2.56. The van der Waals surface area contributed by atoms with Crippen molar-refractivity contribution in [2.45, 2.75) is 81.7 Å². The van der Waals surface area contributed by atoms with E-state index < -0.39 is 89.6 Å². The van der Waals surface area contributed by atoms with Crippen LogP contribution in [0.5, 0.6) is 17.2 Å². The van der Waals surface area contributed by atoms with Gasteiger partial charge in [-0.1, -0.05) is 18.6 Å². The van der Waals surface area contributed by atoms with E-state index in [1.165, 1.54) is 25.3 Å². The molecule has 2 aliphatic carbocycles. The summed E-state index contributed by atoms with van der Waals surface area (Å²) in [7, 11) is 1.34. The monoisotopic (exact) mass is 611 g/mol. The SMILES string of the molecule is COc1cccc2c1C(=O)c1c(O)c3c(c(O)c1C2=O)C[C@@](O)(C(=O)CO)C[C@@H]3OC1CC(N2CCCCC2)C(O)C(C)O1. The number of nitrogens with zero attached hydrogens (tertiary/aromatic N) is 1. The van der Waals surface area contributed by atoms with Gasteiger partial charge in [-0.05, 0) is 38.9 Å². The molecule has 0 radical (unpaired) electrons. The zero-order chi connectivity index (χ0) is 31.5. The van der Waals surface area contributed by atoms with E-state index in [9.17, 15) is 39.9 Å². The number of phenolic OH excluding ortho intramolecular Hbond substituents is 2. The van der Waals surface area contributed by atoms with Gasteiger partial charge in [-0.25, -0.2) is 0 Å². The molecule has 6 rings (SSSR count). The van der Waals surface area contributed by atoms with Crippen LogP contribution in [0, 0.1) is 0 Å². The van der Waals surface area contributed by atoms with Gasteiger partial charge in [0.1, 0.15) is 29.5 Å². The summed E-state index contributed by atoms with van der Waals surface area (Å²) < 4.78 is 17.7. The molecule has 0 amide bonds. The summed E-state index contributed by atoms with van der Waals surface area (Å²) in [6.45, 7) is 2.33. The van der Waals surface area contributed by atoms with E-state index in [1.807, 2.05) is 0 Å². The summed E-state index contributed by atoms with van der Waals surface area (Å²) in [4.78, 5) is 42.5. The maximum Gasteiger partial charge on any atom is 0.202 e. The molecule has 4 unspecified atom stereocenters. The second-order valence-corrected chi connectivity index (χ2v) is 12.2. The van der Waals surface area contributed by atoms with Gasteiger partial charge in [-0.15, -0.1) is 0 Å². The van der Waals surface area contributed by atoms with Gasteiger partial charge in [0.2, 0.25) is 5.78 Å². The predicted molar refractivity (Wildman–Crippen MR) is 153 cm³/mol. The highest BCUT2D eigenvalue weighted by Crippen LogP contribution is 2.52. The van der Waals surface area contributed by atoms with Gasteiger partial charge in [0, 0.05) is 42.0 Å². The molecule has 6 atom stereocenters. The molecule has 0 saturated carbocycles. The molecule has 236 valence electrons. The molecule has 5 N–H and O–H groups in total. The van der Waals surface area contributed by atoms with E-state index in [0.29, 0.717) is 0 Å². The minimum Gasteiger partial charge on any atom is -0.507 e. The smallest absolute Gasteiger partial charge is 0.202 e. The molecular formula is C32H37NO11. The molecule has 0 spiro atoms. The molecule has 0 aromatic heterocycles. The maximum atomic E-state index is 13.8. The highest BCUT2D eigenvalue weighted by atomic mass is 16.7. The molecule has 2 aromatic carbocycles. The van der Waals surface area contributed by atoms with Crippen LogP contribution in [0.2, 0.25) is 0 Å². The van der Waals surface area contributed by atoms with Crippen LogP contribution in [0.15, 0.2) is 18.2 Å². The number of hydrogen-bond acceptors (Lipinski definition) is 12. The van der Waals surface area contributed by atoms with Gasteiger partial charge in [0.05, 0.1) is 42.1 Å². The van der Waals surface area contributed by atoms with Gasteiger partial charge in [0.25, 0.3) is 0 Å². The average molecular weight is 612 g/mol. The molecule has 2 aliphatic heterocycles. The third-order valence-corrected chi connectivity index (χ3v) is 9.59. The van der Waals surface area contributed by atoms with Crippen molar-refractivity contribution in [3.8, 4) is 17.2 Å². The zero-order valence-corrected chi connectivity index (χ0v) is 24.6. The van der Waals surface area contributed by atoms with Gasteiger partial charge < -0.3 is 39.7 Å². The Morgan fingerprint density at radius 2 is 1.77 bits per heavy atom. The third kappa shape index (κ3) is 4.81. The second kappa shape index (κ2) is 11.5. The molecule has 4 aliphatic rings. The van der Waals surface area contributed by atoms with Crippen molar-refractivity contribution in [1.82, 2.24) is 4.90 Å². The number of Topliss-reactive ketones (excluding diaryl/α,β-unsaturated/α-hetero) is 1. The van der Waals surface area contributed by atoms with E-state index in [0.717, 1.165) is 32.4 Å². The summed E-state index contributed by atoms with van der Waals surface area (Å²) in [6.07, 6.45) is -1.32. The molecule has 12 nitrogen and oxygen atoms in total. The summed E-state index contributed by atoms with van der Waals surface area (Å²) in [5.41, 5.74) is -3.42. The van der Waals surface area contributed by atoms with Crippen LogP contribution >= 0.6 is 0 Å². The molecule has 2 fully saturated rings. The molecular weight excluding hydrogens is 574 g/mol. The van der Waals surface area contributed by atoms with Gasteiger partial charge in [-0.2, -0.15) is 0 Å². The molecule has 2 heterocycles. The van der Waals surface area contributed by atoms with Gasteiger partial charge >= 0.3 is 0 Å².